The quantitative estimate of drug-likeness (QED) is 0.693. The third kappa shape index (κ3) is 3.64. The zero-order chi connectivity index (χ0) is 20.9. The number of amides is 1. The van der Waals surface area contributed by atoms with Gasteiger partial charge in [0.05, 0.1) is 39.9 Å². The van der Waals surface area contributed by atoms with Gasteiger partial charge < -0.3 is 9.84 Å². The number of hydrogen-bond donors (Lipinski definition) is 1. The molecule has 1 amide bonds. The molecule has 1 saturated heterocycles. The number of hydrogen-bond acceptors (Lipinski definition) is 7. The Hall–Kier alpha value is -2.75. The summed E-state index contributed by atoms with van der Waals surface area (Å²) >= 11 is 0. The van der Waals surface area contributed by atoms with Gasteiger partial charge in [-0.2, -0.15) is 5.10 Å². The minimum atomic E-state index is -3.08. The summed E-state index contributed by atoms with van der Waals surface area (Å²) < 4.78 is 30.7. The van der Waals surface area contributed by atoms with Gasteiger partial charge in [-0.25, -0.2) is 18.1 Å². The van der Waals surface area contributed by atoms with Crippen LogP contribution in [0.1, 0.15) is 59.7 Å². The van der Waals surface area contributed by atoms with Crippen LogP contribution in [0.15, 0.2) is 16.7 Å². The Bertz CT molecular complexity index is 1210. The van der Waals surface area contributed by atoms with Gasteiger partial charge in [-0.3, -0.25) is 4.79 Å². The second-order valence-corrected chi connectivity index (χ2v) is 10.1. The van der Waals surface area contributed by atoms with E-state index in [4.69, 9.17) is 4.52 Å². The summed E-state index contributed by atoms with van der Waals surface area (Å²) in [4.78, 5) is 17.6. The van der Waals surface area contributed by atoms with E-state index in [0.29, 0.717) is 40.3 Å². The summed E-state index contributed by atoms with van der Waals surface area (Å²) in [5.74, 6) is 0.394. The van der Waals surface area contributed by atoms with Gasteiger partial charge in [0.1, 0.15) is 5.82 Å². The van der Waals surface area contributed by atoms with Gasteiger partial charge in [0.2, 0.25) is 0 Å². The molecule has 4 heterocycles. The lowest BCUT2D eigenvalue weighted by molar-refractivity contribution is 0.102. The van der Waals surface area contributed by atoms with Crippen LogP contribution >= 0.6 is 0 Å². The number of aromatic nitrogens is 4. The molecule has 0 bridgehead atoms. The van der Waals surface area contributed by atoms with E-state index in [9.17, 15) is 13.2 Å². The van der Waals surface area contributed by atoms with Crippen molar-refractivity contribution in [3.63, 3.8) is 0 Å². The van der Waals surface area contributed by atoms with Gasteiger partial charge >= 0.3 is 0 Å². The number of aryl methyl sites for hydroxylation is 2. The fraction of sp³-hybridized carbons (Fsp3) is 0.474. The number of carbonyl (C=O) groups excluding carboxylic acids is 1. The van der Waals surface area contributed by atoms with Crippen LogP contribution in [0.25, 0.3) is 11.1 Å². The van der Waals surface area contributed by atoms with Gasteiger partial charge in [0, 0.05) is 11.8 Å². The first-order chi connectivity index (χ1) is 13.6. The summed E-state index contributed by atoms with van der Waals surface area (Å²) in [6.07, 6.45) is 0.480. The highest BCUT2D eigenvalue weighted by molar-refractivity contribution is 7.91. The molecule has 3 aromatic heterocycles. The van der Waals surface area contributed by atoms with Crippen LogP contribution in [0.3, 0.4) is 0 Å². The zero-order valence-electron chi connectivity index (χ0n) is 16.8. The SMILES string of the molecule is Cc1cc(NC(=O)c2cc(C(C)C)nc3onc(C)c23)n(C2CCS(=O)(=O)C2)n1. The van der Waals surface area contributed by atoms with Crippen LogP contribution < -0.4 is 5.32 Å². The van der Waals surface area contributed by atoms with E-state index in [1.54, 1.807) is 30.7 Å². The zero-order valence-corrected chi connectivity index (χ0v) is 17.6. The molecule has 3 aromatic rings. The van der Waals surface area contributed by atoms with Gasteiger partial charge in [0.15, 0.2) is 9.84 Å². The maximum absolute atomic E-state index is 13.2. The molecule has 154 valence electrons. The predicted molar refractivity (Wildman–Crippen MR) is 108 cm³/mol. The molecule has 0 aliphatic carbocycles. The molecule has 0 radical (unpaired) electrons. The van der Waals surface area contributed by atoms with E-state index >= 15 is 0 Å². The van der Waals surface area contributed by atoms with E-state index in [0.717, 1.165) is 5.69 Å². The number of rotatable bonds is 4. The molecule has 1 fully saturated rings. The van der Waals surface area contributed by atoms with Gasteiger partial charge in [0.25, 0.3) is 11.6 Å². The van der Waals surface area contributed by atoms with E-state index in [-0.39, 0.29) is 29.4 Å². The van der Waals surface area contributed by atoms with Crippen molar-refractivity contribution in [2.45, 2.75) is 46.1 Å². The normalized spacial score (nSPS) is 18.6. The smallest absolute Gasteiger partial charge is 0.259 e. The first-order valence-corrected chi connectivity index (χ1v) is 11.3. The number of anilines is 1. The topological polar surface area (TPSA) is 120 Å². The molecule has 29 heavy (non-hydrogen) atoms. The summed E-state index contributed by atoms with van der Waals surface area (Å²) in [6.45, 7) is 7.54. The summed E-state index contributed by atoms with van der Waals surface area (Å²) in [5.41, 5.74) is 2.76. The largest absolute Gasteiger partial charge is 0.336 e. The van der Waals surface area contributed by atoms with Gasteiger partial charge in [-0.1, -0.05) is 19.0 Å². The average molecular weight is 417 g/mol. The first kappa shape index (κ1) is 19.6. The van der Waals surface area contributed by atoms with Crippen LogP contribution in [-0.4, -0.2) is 45.8 Å². The predicted octanol–water partition coefficient (Wildman–Crippen LogP) is 2.77. The fourth-order valence-electron chi connectivity index (χ4n) is 3.63. The van der Waals surface area contributed by atoms with Crippen molar-refractivity contribution in [1.82, 2.24) is 19.9 Å². The lowest BCUT2D eigenvalue weighted by Gasteiger charge is -2.14. The van der Waals surface area contributed by atoms with Crippen molar-refractivity contribution < 1.29 is 17.7 Å². The van der Waals surface area contributed by atoms with Crippen molar-refractivity contribution in [3.05, 3.63) is 34.8 Å². The van der Waals surface area contributed by atoms with Gasteiger partial charge in [-0.15, -0.1) is 0 Å². The standard InChI is InChI=1S/C19H23N5O4S/c1-10(2)15-8-14(17-12(4)23-28-19(17)20-15)18(25)21-16-7-11(3)22-24(16)13-5-6-29(26,27)9-13/h7-8,10,13H,5-6,9H2,1-4H3,(H,21,25). The Balaban J connectivity index is 1.72. The van der Waals surface area contributed by atoms with E-state index in [1.807, 2.05) is 13.8 Å². The molecule has 0 aromatic carbocycles. The second-order valence-electron chi connectivity index (χ2n) is 7.82. The fourth-order valence-corrected chi connectivity index (χ4v) is 5.32. The van der Waals surface area contributed by atoms with Crippen molar-refractivity contribution >= 4 is 32.7 Å². The highest BCUT2D eigenvalue weighted by Gasteiger charge is 2.31. The molecular formula is C19H23N5O4S. The Morgan fingerprint density at radius 1 is 1.31 bits per heavy atom. The number of fused-ring (bicyclic) bond motifs is 1. The Morgan fingerprint density at radius 2 is 2.07 bits per heavy atom. The Kier molecular flexibility index (Phi) is 4.68. The van der Waals surface area contributed by atoms with Crippen molar-refractivity contribution in [2.75, 3.05) is 16.8 Å². The molecule has 1 atom stereocenters. The third-order valence-electron chi connectivity index (χ3n) is 5.13. The van der Waals surface area contributed by atoms with Crippen LogP contribution in [-0.2, 0) is 9.84 Å². The number of sulfone groups is 1. The molecule has 1 N–H and O–H groups in total. The number of carbonyl (C=O) groups is 1. The van der Waals surface area contributed by atoms with Crippen LogP contribution in [0.2, 0.25) is 0 Å². The third-order valence-corrected chi connectivity index (χ3v) is 6.88. The summed E-state index contributed by atoms with van der Waals surface area (Å²) in [7, 11) is -3.08. The molecule has 0 saturated carbocycles. The highest BCUT2D eigenvalue weighted by atomic mass is 32.2. The number of nitrogens with one attached hydrogen (secondary N) is 1. The molecule has 0 spiro atoms. The molecule has 9 nitrogen and oxygen atoms in total. The molecule has 1 aliphatic heterocycles. The highest BCUT2D eigenvalue weighted by Crippen LogP contribution is 2.29. The first-order valence-electron chi connectivity index (χ1n) is 9.49. The molecule has 4 rings (SSSR count). The Labute approximate surface area is 168 Å². The van der Waals surface area contributed by atoms with E-state index in [1.165, 1.54) is 0 Å². The number of nitrogens with zero attached hydrogens (tertiary/aromatic N) is 4. The van der Waals surface area contributed by atoms with Crippen LogP contribution in [0.5, 0.6) is 0 Å². The van der Waals surface area contributed by atoms with E-state index in [2.05, 4.69) is 20.6 Å². The minimum Gasteiger partial charge on any atom is -0.336 e. The maximum Gasteiger partial charge on any atom is 0.259 e. The van der Waals surface area contributed by atoms with Crippen molar-refractivity contribution in [1.29, 1.82) is 0 Å². The summed E-state index contributed by atoms with van der Waals surface area (Å²) in [6, 6.07) is 3.20. The molecule has 10 heteroatoms. The van der Waals surface area contributed by atoms with Crippen LogP contribution in [0, 0.1) is 13.8 Å². The molecular weight excluding hydrogens is 394 g/mol. The molecule has 1 aliphatic rings. The molecule has 1 unspecified atom stereocenters. The monoisotopic (exact) mass is 417 g/mol. The van der Waals surface area contributed by atoms with Crippen LogP contribution in [0.4, 0.5) is 5.82 Å². The lowest BCUT2D eigenvalue weighted by atomic mass is 10.0. The maximum atomic E-state index is 13.2. The average Bonchev–Trinajstić information content (AvgIpc) is 3.31. The summed E-state index contributed by atoms with van der Waals surface area (Å²) in [5, 5.41) is 11.8. The van der Waals surface area contributed by atoms with Crippen molar-refractivity contribution in [2.24, 2.45) is 0 Å². The van der Waals surface area contributed by atoms with Gasteiger partial charge in [-0.05, 0) is 32.3 Å². The minimum absolute atomic E-state index is 0.0265. The Morgan fingerprint density at radius 3 is 2.72 bits per heavy atom. The second kappa shape index (κ2) is 6.94. The number of pyridine rings is 1. The van der Waals surface area contributed by atoms with Crippen molar-refractivity contribution in [3.8, 4) is 0 Å². The lowest BCUT2D eigenvalue weighted by Crippen LogP contribution is -2.20. The van der Waals surface area contributed by atoms with E-state index < -0.39 is 9.84 Å².